The van der Waals surface area contributed by atoms with E-state index in [1.165, 1.54) is 0 Å². The van der Waals surface area contributed by atoms with Crippen LogP contribution in [0.2, 0.25) is 10.0 Å². The van der Waals surface area contributed by atoms with E-state index in [9.17, 15) is 9.59 Å². The van der Waals surface area contributed by atoms with Crippen LogP contribution >= 0.6 is 23.2 Å². The van der Waals surface area contributed by atoms with Crippen LogP contribution < -0.4 is 20.3 Å². The lowest BCUT2D eigenvalue weighted by Gasteiger charge is -2.10. The zero-order valence-corrected chi connectivity index (χ0v) is 18.5. The lowest BCUT2D eigenvalue weighted by atomic mass is 10.2. The number of nitrogens with zero attached hydrogens (tertiary/aromatic N) is 1. The summed E-state index contributed by atoms with van der Waals surface area (Å²) in [6, 6.07) is 15.3. The fourth-order valence-corrected chi connectivity index (χ4v) is 3.11. The van der Waals surface area contributed by atoms with Gasteiger partial charge in [-0.15, -0.1) is 0 Å². The van der Waals surface area contributed by atoms with E-state index >= 15 is 0 Å². The van der Waals surface area contributed by atoms with E-state index in [-0.39, 0.29) is 12.3 Å². The number of hydrogen-bond acceptors (Lipinski definition) is 5. The van der Waals surface area contributed by atoms with E-state index in [0.29, 0.717) is 46.7 Å². The molecule has 7 nitrogen and oxygen atoms in total. The number of rotatable bonds is 9. The molecule has 9 heteroatoms. The Balaban J connectivity index is 1.38. The molecule has 2 aromatic carbocycles. The highest BCUT2D eigenvalue weighted by Gasteiger charge is 2.09. The van der Waals surface area contributed by atoms with Crippen LogP contribution in [-0.4, -0.2) is 23.4 Å². The van der Waals surface area contributed by atoms with Crippen molar-refractivity contribution in [1.82, 2.24) is 15.8 Å². The summed E-state index contributed by atoms with van der Waals surface area (Å²) in [4.78, 5) is 28.3. The van der Waals surface area contributed by atoms with Gasteiger partial charge in [-0.1, -0.05) is 35.3 Å². The lowest BCUT2D eigenvalue weighted by Crippen LogP contribution is -2.41. The van der Waals surface area contributed by atoms with E-state index in [4.69, 9.17) is 32.7 Å². The molecular weight excluding hydrogens is 453 g/mol. The van der Waals surface area contributed by atoms with Crippen molar-refractivity contribution >= 4 is 35.0 Å². The monoisotopic (exact) mass is 473 g/mol. The molecule has 0 spiro atoms. The number of pyridine rings is 1. The molecule has 0 bridgehead atoms. The molecule has 0 saturated carbocycles. The van der Waals surface area contributed by atoms with Crippen molar-refractivity contribution in [1.29, 1.82) is 0 Å². The van der Waals surface area contributed by atoms with Crippen molar-refractivity contribution < 1.29 is 19.1 Å². The van der Waals surface area contributed by atoms with Crippen molar-refractivity contribution in [2.75, 3.05) is 6.61 Å². The summed E-state index contributed by atoms with van der Waals surface area (Å²) < 4.78 is 11.2. The van der Waals surface area contributed by atoms with Crippen LogP contribution in [0, 0.1) is 0 Å². The minimum Gasteiger partial charge on any atom is -0.492 e. The second-order valence-electron chi connectivity index (χ2n) is 6.71. The smallest absolute Gasteiger partial charge is 0.269 e. The molecule has 0 aliphatic heterocycles. The second-order valence-corrected chi connectivity index (χ2v) is 7.55. The number of aromatic nitrogens is 1. The molecule has 0 aliphatic rings. The Morgan fingerprint density at radius 2 is 1.84 bits per heavy atom. The van der Waals surface area contributed by atoms with Crippen LogP contribution in [0.5, 0.6) is 11.5 Å². The molecule has 0 aliphatic carbocycles. The quantitative estimate of drug-likeness (QED) is 0.350. The Hall–Kier alpha value is -3.29. The first-order valence-electron chi connectivity index (χ1n) is 9.80. The van der Waals surface area contributed by atoms with Gasteiger partial charge in [0.15, 0.2) is 0 Å². The largest absolute Gasteiger partial charge is 0.492 e. The Morgan fingerprint density at radius 1 is 0.969 bits per heavy atom. The minimum atomic E-state index is -0.450. The van der Waals surface area contributed by atoms with Crippen LogP contribution in [0.4, 0.5) is 0 Å². The second kappa shape index (κ2) is 11.9. The summed E-state index contributed by atoms with van der Waals surface area (Å²) in [5, 5.41) is 0.920. The molecule has 0 fully saturated rings. The van der Waals surface area contributed by atoms with Crippen molar-refractivity contribution in [3.05, 3.63) is 88.2 Å². The van der Waals surface area contributed by atoms with Gasteiger partial charge in [0, 0.05) is 35.0 Å². The fourth-order valence-electron chi connectivity index (χ4n) is 2.65. The van der Waals surface area contributed by atoms with E-state index in [1.807, 2.05) is 12.1 Å². The van der Waals surface area contributed by atoms with Gasteiger partial charge < -0.3 is 9.47 Å². The maximum atomic E-state index is 12.3. The lowest BCUT2D eigenvalue weighted by molar-refractivity contribution is -0.122. The van der Waals surface area contributed by atoms with Crippen LogP contribution in [0.25, 0.3) is 0 Å². The summed E-state index contributed by atoms with van der Waals surface area (Å²) in [5.74, 6) is 0.240. The van der Waals surface area contributed by atoms with Gasteiger partial charge in [0.2, 0.25) is 5.91 Å². The molecular formula is C23H21Cl2N3O4. The predicted molar refractivity (Wildman–Crippen MR) is 122 cm³/mol. The van der Waals surface area contributed by atoms with Gasteiger partial charge >= 0.3 is 0 Å². The van der Waals surface area contributed by atoms with E-state index in [0.717, 1.165) is 5.56 Å². The summed E-state index contributed by atoms with van der Waals surface area (Å²) in [6.07, 6.45) is 4.00. The molecule has 0 unspecified atom stereocenters. The van der Waals surface area contributed by atoms with Gasteiger partial charge in [0.25, 0.3) is 5.91 Å². The minimum absolute atomic E-state index is 0.166. The van der Waals surface area contributed by atoms with E-state index < -0.39 is 5.91 Å². The van der Waals surface area contributed by atoms with Gasteiger partial charge in [-0.05, 0) is 48.9 Å². The average molecular weight is 474 g/mol. The average Bonchev–Trinajstić information content (AvgIpc) is 2.81. The first kappa shape index (κ1) is 23.4. The molecule has 2 N–H and O–H groups in total. The highest BCUT2D eigenvalue weighted by molar-refractivity contribution is 6.35. The first-order valence-corrected chi connectivity index (χ1v) is 10.6. The third-order valence-corrected chi connectivity index (χ3v) is 4.77. The van der Waals surface area contributed by atoms with Crippen LogP contribution in [0.3, 0.4) is 0 Å². The topological polar surface area (TPSA) is 89.6 Å². The van der Waals surface area contributed by atoms with Crippen LogP contribution in [-0.2, 0) is 11.4 Å². The highest BCUT2D eigenvalue weighted by Crippen LogP contribution is 2.27. The molecule has 1 heterocycles. The summed E-state index contributed by atoms with van der Waals surface area (Å²) in [5.41, 5.74) is 6.05. The number of halogens is 2. The van der Waals surface area contributed by atoms with Gasteiger partial charge in [0.05, 0.1) is 11.6 Å². The van der Waals surface area contributed by atoms with Gasteiger partial charge in [-0.25, -0.2) is 0 Å². The van der Waals surface area contributed by atoms with Crippen molar-refractivity contribution in [3.8, 4) is 11.5 Å². The Bertz CT molecular complexity index is 1060. The summed E-state index contributed by atoms with van der Waals surface area (Å²) >= 11 is 11.9. The normalized spacial score (nSPS) is 10.3. The number of hydrogen-bond donors (Lipinski definition) is 2. The number of carbonyl (C=O) groups excluding carboxylic acids is 2. The third-order valence-electron chi connectivity index (χ3n) is 4.24. The molecule has 32 heavy (non-hydrogen) atoms. The molecule has 0 radical (unpaired) electrons. The van der Waals surface area contributed by atoms with E-state index in [1.54, 1.807) is 54.9 Å². The Labute approximate surface area is 195 Å². The standard InChI is InChI=1S/C23H21Cl2N3O4/c24-18-8-9-21(20(25)13-18)31-11-3-7-22(29)27-28-23(30)17-5-1-6-19(12-17)32-15-16-4-2-10-26-14-16/h1-2,4-6,8-10,12-14H,3,7,11,15H2,(H,27,29)(H,28,30). The molecule has 1 aromatic heterocycles. The molecule has 2 amide bonds. The number of benzene rings is 2. The Morgan fingerprint density at radius 3 is 2.62 bits per heavy atom. The Kier molecular flexibility index (Phi) is 8.71. The number of nitrogens with one attached hydrogen (secondary N) is 2. The maximum Gasteiger partial charge on any atom is 0.269 e. The van der Waals surface area contributed by atoms with Gasteiger partial charge in [-0.3, -0.25) is 25.4 Å². The number of ether oxygens (including phenoxy) is 2. The highest BCUT2D eigenvalue weighted by atomic mass is 35.5. The van der Waals surface area contributed by atoms with E-state index in [2.05, 4.69) is 15.8 Å². The molecule has 3 rings (SSSR count). The molecule has 0 saturated heterocycles. The van der Waals surface area contributed by atoms with Gasteiger partial charge in [0.1, 0.15) is 18.1 Å². The molecule has 166 valence electrons. The first-order chi connectivity index (χ1) is 15.5. The summed E-state index contributed by atoms with van der Waals surface area (Å²) in [7, 11) is 0. The fraction of sp³-hybridized carbons (Fsp3) is 0.174. The van der Waals surface area contributed by atoms with Crippen molar-refractivity contribution in [2.24, 2.45) is 0 Å². The number of hydrazine groups is 1. The summed E-state index contributed by atoms with van der Waals surface area (Å²) in [6.45, 7) is 0.623. The zero-order chi connectivity index (χ0) is 22.8. The predicted octanol–water partition coefficient (Wildman–Crippen LogP) is 4.59. The third kappa shape index (κ3) is 7.44. The number of carbonyl (C=O) groups is 2. The SMILES string of the molecule is O=C(CCCOc1ccc(Cl)cc1Cl)NNC(=O)c1cccc(OCc2cccnc2)c1. The van der Waals surface area contributed by atoms with Crippen LogP contribution in [0.1, 0.15) is 28.8 Å². The number of amides is 2. The molecule has 3 aromatic rings. The maximum absolute atomic E-state index is 12.3. The zero-order valence-electron chi connectivity index (χ0n) is 17.0. The van der Waals surface area contributed by atoms with Crippen LogP contribution in [0.15, 0.2) is 67.0 Å². The van der Waals surface area contributed by atoms with Crippen molar-refractivity contribution in [2.45, 2.75) is 19.4 Å². The molecule has 0 atom stereocenters. The van der Waals surface area contributed by atoms with Gasteiger partial charge in [-0.2, -0.15) is 0 Å². The van der Waals surface area contributed by atoms with Crippen molar-refractivity contribution in [3.63, 3.8) is 0 Å².